The van der Waals surface area contributed by atoms with E-state index in [-0.39, 0.29) is 17.7 Å². The second-order valence-electron chi connectivity index (χ2n) is 9.85. The third kappa shape index (κ3) is 4.75. The summed E-state index contributed by atoms with van der Waals surface area (Å²) in [6.07, 6.45) is 3.90. The summed E-state index contributed by atoms with van der Waals surface area (Å²) in [5.74, 6) is 0.682. The van der Waals surface area contributed by atoms with Crippen molar-refractivity contribution in [1.29, 1.82) is 5.26 Å². The van der Waals surface area contributed by atoms with Gasteiger partial charge < -0.3 is 9.32 Å². The minimum Gasteiger partial charge on any atom is -0.464 e. The average molecular weight is 496 g/mol. The highest BCUT2D eigenvalue weighted by atomic mass is 19.1. The standard InChI is InChI=1S/C31H27F2N3O/c32-25-9-5-22(6-10-25)31(23-7-11-26(33)12-8-23)36-15-13-35(14-16-36)29-19-24(30-2-1-17-37-30)18-27(21-3-4-21)28(29)20-34/h1-2,5-12,17-19,21,31H,3-4,13-16H2. The number of anilines is 1. The van der Waals surface area contributed by atoms with Gasteiger partial charge in [0, 0.05) is 31.7 Å². The highest BCUT2D eigenvalue weighted by molar-refractivity contribution is 5.73. The minimum absolute atomic E-state index is 0.115. The lowest BCUT2D eigenvalue weighted by Crippen LogP contribution is -2.48. The second kappa shape index (κ2) is 9.84. The second-order valence-corrected chi connectivity index (χ2v) is 9.85. The van der Waals surface area contributed by atoms with E-state index < -0.39 is 0 Å². The maximum Gasteiger partial charge on any atom is 0.133 e. The van der Waals surface area contributed by atoms with Gasteiger partial charge >= 0.3 is 0 Å². The van der Waals surface area contributed by atoms with Crippen molar-refractivity contribution in [3.05, 3.63) is 113 Å². The van der Waals surface area contributed by atoms with Crippen LogP contribution in [0.1, 0.15) is 47.1 Å². The zero-order chi connectivity index (χ0) is 25.4. The molecule has 0 N–H and O–H groups in total. The molecule has 1 aromatic heterocycles. The molecule has 1 aliphatic carbocycles. The average Bonchev–Trinajstić information content (AvgIpc) is 3.63. The van der Waals surface area contributed by atoms with Gasteiger partial charge in [0.1, 0.15) is 23.5 Å². The predicted octanol–water partition coefficient (Wildman–Crippen LogP) is 6.89. The first-order valence-corrected chi connectivity index (χ1v) is 12.7. The first-order chi connectivity index (χ1) is 18.1. The Bertz CT molecular complexity index is 1370. The van der Waals surface area contributed by atoms with Gasteiger partial charge in [-0.1, -0.05) is 24.3 Å². The van der Waals surface area contributed by atoms with Gasteiger partial charge in [-0.2, -0.15) is 5.26 Å². The fourth-order valence-corrected chi connectivity index (χ4v) is 5.45. The molecule has 0 amide bonds. The zero-order valence-corrected chi connectivity index (χ0v) is 20.4. The Balaban J connectivity index is 1.30. The number of benzene rings is 3. The van der Waals surface area contributed by atoms with Crippen LogP contribution in [0.15, 0.2) is 83.5 Å². The normalized spacial score (nSPS) is 16.2. The van der Waals surface area contributed by atoms with Crippen LogP contribution in [0.25, 0.3) is 11.3 Å². The van der Waals surface area contributed by atoms with Gasteiger partial charge in [0.25, 0.3) is 0 Å². The molecule has 0 bridgehead atoms. The van der Waals surface area contributed by atoms with E-state index in [2.05, 4.69) is 28.0 Å². The van der Waals surface area contributed by atoms with E-state index in [0.717, 1.165) is 78.3 Å². The Kier molecular flexibility index (Phi) is 6.23. The van der Waals surface area contributed by atoms with Crippen molar-refractivity contribution in [2.45, 2.75) is 24.8 Å². The largest absolute Gasteiger partial charge is 0.464 e. The van der Waals surface area contributed by atoms with Crippen molar-refractivity contribution in [1.82, 2.24) is 4.90 Å². The molecule has 37 heavy (non-hydrogen) atoms. The van der Waals surface area contributed by atoms with Crippen LogP contribution in [0, 0.1) is 23.0 Å². The lowest BCUT2D eigenvalue weighted by molar-refractivity contribution is 0.212. The Labute approximate surface area is 215 Å². The van der Waals surface area contributed by atoms with Gasteiger partial charge in [0.05, 0.1) is 23.6 Å². The molecule has 0 radical (unpaired) electrons. The summed E-state index contributed by atoms with van der Waals surface area (Å²) < 4.78 is 33.1. The first kappa shape index (κ1) is 23.4. The number of nitrogens with zero attached hydrogens (tertiary/aromatic N) is 3. The van der Waals surface area contributed by atoms with E-state index in [1.165, 1.54) is 24.3 Å². The smallest absolute Gasteiger partial charge is 0.133 e. The quantitative estimate of drug-likeness (QED) is 0.292. The molecular formula is C31H27F2N3O. The Hall–Kier alpha value is -3.95. The Morgan fingerprint density at radius 3 is 1.97 bits per heavy atom. The van der Waals surface area contributed by atoms with Gasteiger partial charge in [-0.15, -0.1) is 0 Å². The van der Waals surface area contributed by atoms with Crippen molar-refractivity contribution in [2.75, 3.05) is 31.1 Å². The molecule has 6 heteroatoms. The number of piperazine rings is 1. The summed E-state index contributed by atoms with van der Waals surface area (Å²) in [7, 11) is 0. The molecule has 2 fully saturated rings. The molecule has 0 spiro atoms. The summed E-state index contributed by atoms with van der Waals surface area (Å²) in [6, 6.07) is 23.5. The van der Waals surface area contributed by atoms with E-state index in [0.29, 0.717) is 5.92 Å². The topological polar surface area (TPSA) is 43.4 Å². The fourth-order valence-electron chi connectivity index (χ4n) is 5.45. The van der Waals surface area contributed by atoms with Gasteiger partial charge in [0.15, 0.2) is 0 Å². The summed E-state index contributed by atoms with van der Waals surface area (Å²) in [5.41, 5.74) is 5.77. The molecular weight excluding hydrogens is 468 g/mol. The van der Waals surface area contributed by atoms with Crippen molar-refractivity contribution < 1.29 is 13.2 Å². The summed E-state index contributed by atoms with van der Waals surface area (Å²) in [5, 5.41) is 10.1. The number of hydrogen-bond donors (Lipinski definition) is 0. The SMILES string of the molecule is N#Cc1c(C2CC2)cc(-c2ccco2)cc1N1CCN(C(c2ccc(F)cc2)c2ccc(F)cc2)CC1. The maximum absolute atomic E-state index is 13.7. The van der Waals surface area contributed by atoms with Crippen LogP contribution in [-0.2, 0) is 0 Å². The molecule has 4 nitrogen and oxygen atoms in total. The lowest BCUT2D eigenvalue weighted by atomic mass is 9.95. The maximum atomic E-state index is 13.7. The first-order valence-electron chi connectivity index (χ1n) is 12.7. The Morgan fingerprint density at radius 1 is 0.838 bits per heavy atom. The summed E-state index contributed by atoms with van der Waals surface area (Å²) in [4.78, 5) is 4.64. The van der Waals surface area contributed by atoms with Crippen LogP contribution in [0.3, 0.4) is 0 Å². The molecule has 1 saturated carbocycles. The van der Waals surface area contributed by atoms with E-state index >= 15 is 0 Å². The van der Waals surface area contributed by atoms with Crippen LogP contribution in [-0.4, -0.2) is 31.1 Å². The van der Waals surface area contributed by atoms with E-state index in [1.54, 1.807) is 30.5 Å². The van der Waals surface area contributed by atoms with Crippen LogP contribution >= 0.6 is 0 Å². The minimum atomic E-state index is -0.279. The lowest BCUT2D eigenvalue weighted by Gasteiger charge is -2.41. The number of rotatable bonds is 6. The number of furan rings is 1. The van der Waals surface area contributed by atoms with E-state index in [9.17, 15) is 14.0 Å². The summed E-state index contributed by atoms with van der Waals surface area (Å²) >= 11 is 0. The van der Waals surface area contributed by atoms with Gasteiger partial charge in [0.2, 0.25) is 0 Å². The highest BCUT2D eigenvalue weighted by Gasteiger charge is 2.32. The number of nitriles is 1. The number of halogens is 2. The molecule has 186 valence electrons. The van der Waals surface area contributed by atoms with Crippen molar-refractivity contribution in [2.24, 2.45) is 0 Å². The van der Waals surface area contributed by atoms with E-state index in [1.807, 2.05) is 12.1 Å². The molecule has 0 unspecified atom stereocenters. The third-order valence-corrected chi connectivity index (χ3v) is 7.47. The molecule has 6 rings (SSSR count). The van der Waals surface area contributed by atoms with Crippen molar-refractivity contribution in [3.8, 4) is 17.4 Å². The van der Waals surface area contributed by atoms with Crippen LogP contribution in [0.2, 0.25) is 0 Å². The molecule has 3 aromatic carbocycles. The molecule has 4 aromatic rings. The molecule has 2 heterocycles. The molecule has 1 aliphatic heterocycles. The predicted molar refractivity (Wildman–Crippen MR) is 139 cm³/mol. The third-order valence-electron chi connectivity index (χ3n) is 7.47. The van der Waals surface area contributed by atoms with Gasteiger partial charge in [-0.3, -0.25) is 4.90 Å². The van der Waals surface area contributed by atoms with Crippen molar-refractivity contribution >= 4 is 5.69 Å². The van der Waals surface area contributed by atoms with Gasteiger partial charge in [-0.25, -0.2) is 8.78 Å². The highest BCUT2D eigenvalue weighted by Crippen LogP contribution is 2.45. The molecule has 2 aliphatic rings. The van der Waals surface area contributed by atoms with Crippen molar-refractivity contribution in [3.63, 3.8) is 0 Å². The van der Waals surface area contributed by atoms with Crippen LogP contribution in [0.4, 0.5) is 14.5 Å². The van der Waals surface area contributed by atoms with Gasteiger partial charge in [-0.05, 0) is 84.0 Å². The zero-order valence-electron chi connectivity index (χ0n) is 20.4. The fraction of sp³-hybridized carbons (Fsp3) is 0.258. The summed E-state index contributed by atoms with van der Waals surface area (Å²) in [6.45, 7) is 2.96. The van der Waals surface area contributed by atoms with Crippen LogP contribution < -0.4 is 4.90 Å². The Morgan fingerprint density at radius 2 is 1.46 bits per heavy atom. The van der Waals surface area contributed by atoms with Crippen LogP contribution in [0.5, 0.6) is 0 Å². The number of hydrogen-bond acceptors (Lipinski definition) is 4. The monoisotopic (exact) mass is 495 g/mol. The molecule has 1 saturated heterocycles. The molecule has 0 atom stereocenters. The van der Waals surface area contributed by atoms with E-state index in [4.69, 9.17) is 4.42 Å².